The van der Waals surface area contributed by atoms with Gasteiger partial charge in [-0.1, -0.05) is 26.0 Å². The summed E-state index contributed by atoms with van der Waals surface area (Å²) in [6.45, 7) is 7.08. The minimum absolute atomic E-state index is 0.0246. The number of H-pyrrole nitrogens is 1. The maximum atomic E-state index is 11.7. The van der Waals surface area contributed by atoms with Crippen LogP contribution in [-0.2, 0) is 17.9 Å². The molecule has 0 saturated heterocycles. The van der Waals surface area contributed by atoms with E-state index in [-0.39, 0.29) is 11.8 Å². The van der Waals surface area contributed by atoms with Crippen molar-refractivity contribution in [3.63, 3.8) is 0 Å². The molecule has 136 valence electrons. The molecule has 0 saturated carbocycles. The van der Waals surface area contributed by atoms with Crippen LogP contribution in [0.5, 0.6) is 0 Å². The van der Waals surface area contributed by atoms with Crippen LogP contribution in [0, 0.1) is 12.8 Å². The fourth-order valence-electron chi connectivity index (χ4n) is 2.56. The smallest absolute Gasteiger partial charge is 0.226 e. The third kappa shape index (κ3) is 4.40. The monoisotopic (exact) mass is 352 g/mol. The minimum Gasteiger partial charge on any atom is -0.460 e. The molecule has 0 aliphatic rings. The van der Waals surface area contributed by atoms with Gasteiger partial charge in [0.2, 0.25) is 5.91 Å². The number of aromatic nitrogens is 2. The number of furan rings is 1. The summed E-state index contributed by atoms with van der Waals surface area (Å²) in [7, 11) is 0. The predicted molar refractivity (Wildman–Crippen MR) is 101 cm³/mol. The summed E-state index contributed by atoms with van der Waals surface area (Å²) in [6, 6.07) is 11.7. The molecule has 1 aromatic carbocycles. The molecule has 3 aromatic rings. The first kappa shape index (κ1) is 17.9. The van der Waals surface area contributed by atoms with Crippen LogP contribution in [-0.4, -0.2) is 16.1 Å². The van der Waals surface area contributed by atoms with Crippen molar-refractivity contribution in [2.75, 3.05) is 5.32 Å². The average Bonchev–Trinajstić information content (AvgIpc) is 3.25. The van der Waals surface area contributed by atoms with Gasteiger partial charge in [0.05, 0.1) is 6.20 Å². The van der Waals surface area contributed by atoms with E-state index in [1.54, 1.807) is 0 Å². The van der Waals surface area contributed by atoms with Gasteiger partial charge in [0.25, 0.3) is 0 Å². The van der Waals surface area contributed by atoms with Gasteiger partial charge in [-0.25, -0.2) is 0 Å². The third-order valence-corrected chi connectivity index (χ3v) is 4.10. The lowest BCUT2D eigenvalue weighted by Crippen LogP contribution is -2.17. The highest BCUT2D eigenvalue weighted by Crippen LogP contribution is 2.23. The van der Waals surface area contributed by atoms with Crippen molar-refractivity contribution in [3.05, 3.63) is 59.5 Å². The number of carbonyl (C=O) groups excluding carboxylic acids is 1. The molecular weight excluding hydrogens is 328 g/mol. The van der Waals surface area contributed by atoms with Gasteiger partial charge in [-0.05, 0) is 36.8 Å². The van der Waals surface area contributed by atoms with Crippen LogP contribution in [0.3, 0.4) is 0 Å². The van der Waals surface area contributed by atoms with Gasteiger partial charge in [-0.2, -0.15) is 5.10 Å². The van der Waals surface area contributed by atoms with Crippen molar-refractivity contribution >= 4 is 11.6 Å². The van der Waals surface area contributed by atoms with Crippen LogP contribution in [0.2, 0.25) is 0 Å². The highest BCUT2D eigenvalue weighted by Gasteiger charge is 2.11. The Bertz CT molecular complexity index is 862. The Labute approximate surface area is 153 Å². The first-order chi connectivity index (χ1) is 12.5. The molecule has 0 unspecified atom stereocenters. The molecule has 0 aliphatic heterocycles. The summed E-state index contributed by atoms with van der Waals surface area (Å²) in [5.41, 5.74) is 3.92. The number of anilines is 1. The van der Waals surface area contributed by atoms with Crippen LogP contribution >= 0.6 is 0 Å². The molecule has 0 aliphatic carbocycles. The first-order valence-electron chi connectivity index (χ1n) is 8.72. The Morgan fingerprint density at radius 2 is 1.92 bits per heavy atom. The van der Waals surface area contributed by atoms with Crippen molar-refractivity contribution in [1.82, 2.24) is 15.5 Å². The van der Waals surface area contributed by atoms with E-state index in [1.807, 2.05) is 63.4 Å². The zero-order valence-corrected chi connectivity index (χ0v) is 15.3. The molecule has 0 radical (unpaired) electrons. The molecule has 0 atom stereocenters. The average molecular weight is 352 g/mol. The second-order valence-electron chi connectivity index (χ2n) is 6.62. The van der Waals surface area contributed by atoms with Crippen LogP contribution in [0.15, 0.2) is 47.0 Å². The zero-order valence-electron chi connectivity index (χ0n) is 15.3. The van der Waals surface area contributed by atoms with Gasteiger partial charge in [0.1, 0.15) is 11.5 Å². The fourth-order valence-corrected chi connectivity index (χ4v) is 2.56. The van der Waals surface area contributed by atoms with Crippen molar-refractivity contribution in [2.24, 2.45) is 5.92 Å². The van der Waals surface area contributed by atoms with Crippen LogP contribution in [0.25, 0.3) is 11.5 Å². The van der Waals surface area contributed by atoms with Crippen LogP contribution in [0.4, 0.5) is 5.69 Å². The topological polar surface area (TPSA) is 83.0 Å². The van der Waals surface area contributed by atoms with Crippen LogP contribution in [0.1, 0.15) is 30.7 Å². The summed E-state index contributed by atoms with van der Waals surface area (Å²) in [4.78, 5) is 11.7. The van der Waals surface area contributed by atoms with Crippen molar-refractivity contribution in [1.29, 1.82) is 0 Å². The second kappa shape index (κ2) is 8.01. The number of aryl methyl sites for hydroxylation is 1. The fraction of sp³-hybridized carbons (Fsp3) is 0.300. The SMILES string of the molecule is Cc1ccc(-c2[nH]ncc2CNCc2ccc(NC(=O)C(C)C)cc2)o1. The molecule has 0 spiro atoms. The number of carbonyl (C=O) groups is 1. The minimum atomic E-state index is -0.0292. The molecule has 0 fully saturated rings. The van der Waals surface area contributed by atoms with Crippen molar-refractivity contribution in [2.45, 2.75) is 33.9 Å². The van der Waals surface area contributed by atoms with E-state index in [9.17, 15) is 4.79 Å². The highest BCUT2D eigenvalue weighted by atomic mass is 16.3. The molecule has 6 nitrogen and oxygen atoms in total. The van der Waals surface area contributed by atoms with E-state index in [4.69, 9.17) is 4.42 Å². The van der Waals surface area contributed by atoms with Gasteiger partial charge in [0, 0.05) is 30.3 Å². The Hall–Kier alpha value is -2.86. The maximum Gasteiger partial charge on any atom is 0.226 e. The lowest BCUT2D eigenvalue weighted by Gasteiger charge is -2.09. The lowest BCUT2D eigenvalue weighted by molar-refractivity contribution is -0.118. The first-order valence-corrected chi connectivity index (χ1v) is 8.72. The normalized spacial score (nSPS) is 11.1. The summed E-state index contributed by atoms with van der Waals surface area (Å²) in [5, 5.41) is 13.4. The number of nitrogens with zero attached hydrogens (tertiary/aromatic N) is 1. The van der Waals surface area contributed by atoms with Gasteiger partial charge < -0.3 is 15.1 Å². The Balaban J connectivity index is 1.54. The van der Waals surface area contributed by atoms with E-state index in [0.29, 0.717) is 6.54 Å². The quantitative estimate of drug-likeness (QED) is 0.603. The summed E-state index contributed by atoms with van der Waals surface area (Å²) < 4.78 is 5.66. The van der Waals surface area contributed by atoms with E-state index in [0.717, 1.165) is 40.6 Å². The third-order valence-electron chi connectivity index (χ3n) is 4.10. The predicted octanol–water partition coefficient (Wildman–Crippen LogP) is 3.86. The molecule has 6 heteroatoms. The summed E-state index contributed by atoms with van der Waals surface area (Å²) >= 11 is 0. The summed E-state index contributed by atoms with van der Waals surface area (Å²) in [5.74, 6) is 1.66. The number of aromatic amines is 1. The number of benzene rings is 1. The number of rotatable bonds is 7. The number of nitrogens with one attached hydrogen (secondary N) is 3. The molecule has 0 bridgehead atoms. The van der Waals surface area contributed by atoms with Crippen molar-refractivity contribution < 1.29 is 9.21 Å². The van der Waals surface area contributed by atoms with E-state index in [1.165, 1.54) is 0 Å². The van der Waals surface area contributed by atoms with E-state index >= 15 is 0 Å². The molecule has 3 rings (SSSR count). The second-order valence-corrected chi connectivity index (χ2v) is 6.62. The number of hydrogen-bond donors (Lipinski definition) is 3. The Kier molecular flexibility index (Phi) is 5.53. The molecule has 1 amide bonds. The summed E-state index contributed by atoms with van der Waals surface area (Å²) in [6.07, 6.45) is 1.81. The molecule has 2 heterocycles. The Morgan fingerprint density at radius 1 is 1.15 bits per heavy atom. The van der Waals surface area contributed by atoms with Gasteiger partial charge in [0.15, 0.2) is 5.76 Å². The Morgan fingerprint density at radius 3 is 2.58 bits per heavy atom. The molecule has 26 heavy (non-hydrogen) atoms. The lowest BCUT2D eigenvalue weighted by atomic mass is 10.1. The molecule has 2 aromatic heterocycles. The standard InChI is InChI=1S/C20H24N4O2/c1-13(2)20(25)23-17-7-5-15(6-8-17)10-21-11-16-12-22-24-19(16)18-9-4-14(3)26-18/h4-9,12-13,21H,10-11H2,1-3H3,(H,22,24)(H,23,25). The largest absolute Gasteiger partial charge is 0.460 e. The highest BCUT2D eigenvalue weighted by molar-refractivity contribution is 5.92. The maximum absolute atomic E-state index is 11.7. The van der Waals surface area contributed by atoms with E-state index in [2.05, 4.69) is 20.8 Å². The number of amides is 1. The molecule has 3 N–H and O–H groups in total. The van der Waals surface area contributed by atoms with Crippen molar-refractivity contribution in [3.8, 4) is 11.5 Å². The van der Waals surface area contributed by atoms with Crippen LogP contribution < -0.4 is 10.6 Å². The molecular formula is C20H24N4O2. The van der Waals surface area contributed by atoms with Gasteiger partial charge in [-0.3, -0.25) is 9.89 Å². The van der Waals surface area contributed by atoms with Gasteiger partial charge >= 0.3 is 0 Å². The number of hydrogen-bond acceptors (Lipinski definition) is 4. The zero-order chi connectivity index (χ0) is 18.5. The van der Waals surface area contributed by atoms with Gasteiger partial charge in [-0.15, -0.1) is 0 Å². The van der Waals surface area contributed by atoms with E-state index < -0.39 is 0 Å².